The van der Waals surface area contributed by atoms with Crippen molar-refractivity contribution >= 4 is 22.5 Å². The number of nitrogens with zero attached hydrogens (tertiary/aromatic N) is 2. The molecule has 0 radical (unpaired) electrons. The van der Waals surface area contributed by atoms with Crippen molar-refractivity contribution < 1.29 is 4.79 Å². The molecular formula is C25H26N4O. The molecule has 0 saturated carbocycles. The number of aromatic amines is 1. The molecule has 1 aromatic heterocycles. The molecule has 152 valence electrons. The van der Waals surface area contributed by atoms with Crippen LogP contribution in [0.25, 0.3) is 10.9 Å². The Morgan fingerprint density at radius 2 is 2.10 bits per heavy atom. The van der Waals surface area contributed by atoms with E-state index in [1.807, 2.05) is 30.3 Å². The molecule has 2 aromatic carbocycles. The van der Waals surface area contributed by atoms with Crippen LogP contribution in [0.4, 0.5) is 5.69 Å². The van der Waals surface area contributed by atoms with Crippen molar-refractivity contribution in [3.8, 4) is 6.07 Å². The molecule has 0 bridgehead atoms. The molecule has 2 unspecified atom stereocenters. The van der Waals surface area contributed by atoms with E-state index in [0.717, 1.165) is 25.1 Å². The zero-order chi connectivity index (χ0) is 20.7. The van der Waals surface area contributed by atoms with Gasteiger partial charge >= 0.3 is 0 Å². The number of aromatic nitrogens is 1. The number of H-pyrrole nitrogens is 1. The van der Waals surface area contributed by atoms with Crippen molar-refractivity contribution in [1.29, 1.82) is 5.26 Å². The lowest BCUT2D eigenvalue weighted by molar-refractivity contribution is -0.119. The molecule has 5 rings (SSSR count). The number of hydrogen-bond donors (Lipinski definition) is 2. The Bertz CT molecular complexity index is 1110. The van der Waals surface area contributed by atoms with E-state index < -0.39 is 5.92 Å². The van der Waals surface area contributed by atoms with Crippen LogP contribution < -0.4 is 5.32 Å². The summed E-state index contributed by atoms with van der Waals surface area (Å²) in [5, 5.41) is 14.0. The van der Waals surface area contributed by atoms with E-state index in [1.165, 1.54) is 22.0 Å². The molecule has 5 heteroatoms. The third-order valence-corrected chi connectivity index (χ3v) is 6.89. The van der Waals surface area contributed by atoms with Gasteiger partial charge in [-0.15, -0.1) is 0 Å². The Balaban J connectivity index is 1.35. The quantitative estimate of drug-likeness (QED) is 0.688. The van der Waals surface area contributed by atoms with Gasteiger partial charge in [-0.05, 0) is 61.6 Å². The molecule has 1 amide bonds. The Morgan fingerprint density at radius 1 is 1.27 bits per heavy atom. The molecule has 0 spiro atoms. The van der Waals surface area contributed by atoms with Crippen molar-refractivity contribution in [2.75, 3.05) is 18.9 Å². The SMILES string of the molecule is CN1C[C@H](CC(C#N)C(=O)Nc2ccccc2)CC2c3cccc4[nH]cc(c34)C[C@H]21. The summed E-state index contributed by atoms with van der Waals surface area (Å²) in [4.78, 5) is 18.6. The number of carbonyl (C=O) groups excluding carboxylic acids is 1. The van der Waals surface area contributed by atoms with E-state index in [0.29, 0.717) is 24.3 Å². The van der Waals surface area contributed by atoms with E-state index in [4.69, 9.17) is 0 Å². The lowest BCUT2D eigenvalue weighted by Crippen LogP contribution is -2.48. The second kappa shape index (κ2) is 7.62. The number of anilines is 1. The standard InChI is InChI=1S/C25H26N4O/c1-29-15-16(10-17(13-26)25(30)28-19-6-3-2-4-7-19)11-21-20-8-5-9-22-24(20)18(14-27-22)12-23(21)29/h2-9,14,16-17,21,23,27H,10-12,15H2,1H3,(H,28,30)/t16-,17?,21?,23-/m1/s1. The summed E-state index contributed by atoms with van der Waals surface area (Å²) in [5.41, 5.74) is 4.77. The number of fused-ring (bicyclic) bond motifs is 2. The monoisotopic (exact) mass is 398 g/mol. The molecule has 5 nitrogen and oxygen atoms in total. The highest BCUT2D eigenvalue weighted by molar-refractivity contribution is 5.94. The average molecular weight is 399 g/mol. The van der Waals surface area contributed by atoms with Gasteiger partial charge in [0.05, 0.1) is 6.07 Å². The highest BCUT2D eigenvalue weighted by atomic mass is 16.1. The number of likely N-dealkylation sites (tertiary alicyclic amines) is 1. The summed E-state index contributed by atoms with van der Waals surface area (Å²) in [7, 11) is 2.19. The van der Waals surface area contributed by atoms with Gasteiger partial charge < -0.3 is 15.2 Å². The topological polar surface area (TPSA) is 71.9 Å². The van der Waals surface area contributed by atoms with Gasteiger partial charge in [-0.3, -0.25) is 4.79 Å². The van der Waals surface area contributed by atoms with Gasteiger partial charge in [-0.25, -0.2) is 0 Å². The number of nitriles is 1. The van der Waals surface area contributed by atoms with Crippen molar-refractivity contribution in [3.05, 3.63) is 65.9 Å². The van der Waals surface area contributed by atoms with Gasteiger partial charge in [-0.2, -0.15) is 5.26 Å². The van der Waals surface area contributed by atoms with Gasteiger partial charge in [0.15, 0.2) is 0 Å². The first-order valence-corrected chi connectivity index (χ1v) is 10.7. The Kier molecular flexibility index (Phi) is 4.80. The van der Waals surface area contributed by atoms with E-state index in [2.05, 4.69) is 52.7 Å². The number of rotatable bonds is 4. The van der Waals surface area contributed by atoms with Crippen LogP contribution in [0, 0.1) is 23.2 Å². The summed E-state index contributed by atoms with van der Waals surface area (Å²) in [5.74, 6) is -0.0787. The number of nitrogens with one attached hydrogen (secondary N) is 2. The summed E-state index contributed by atoms with van der Waals surface area (Å²) in [6.07, 6.45) is 4.83. The molecule has 4 atom stereocenters. The normalized spacial score (nSPS) is 24.1. The molecule has 1 fully saturated rings. The predicted octanol–water partition coefficient (Wildman–Crippen LogP) is 4.30. The maximum Gasteiger partial charge on any atom is 0.241 e. The minimum atomic E-state index is -0.637. The summed E-state index contributed by atoms with van der Waals surface area (Å²) < 4.78 is 0. The molecule has 30 heavy (non-hydrogen) atoms. The molecule has 2 N–H and O–H groups in total. The zero-order valence-electron chi connectivity index (χ0n) is 17.1. The third-order valence-electron chi connectivity index (χ3n) is 6.89. The second-order valence-corrected chi connectivity index (χ2v) is 8.78. The first-order valence-electron chi connectivity index (χ1n) is 10.7. The number of hydrogen-bond acceptors (Lipinski definition) is 3. The zero-order valence-corrected chi connectivity index (χ0v) is 17.1. The van der Waals surface area contributed by atoms with Crippen LogP contribution in [0.15, 0.2) is 54.7 Å². The lowest BCUT2D eigenvalue weighted by atomic mass is 9.71. The molecule has 1 aliphatic carbocycles. The van der Waals surface area contributed by atoms with E-state index in [-0.39, 0.29) is 5.91 Å². The second-order valence-electron chi connectivity index (χ2n) is 8.78. The van der Waals surface area contributed by atoms with Gasteiger partial charge in [-0.1, -0.05) is 30.3 Å². The van der Waals surface area contributed by atoms with E-state index >= 15 is 0 Å². The summed E-state index contributed by atoms with van der Waals surface area (Å²) >= 11 is 0. The fourth-order valence-corrected chi connectivity index (χ4v) is 5.53. The van der Waals surface area contributed by atoms with Crippen LogP contribution in [-0.4, -0.2) is 35.4 Å². The summed E-state index contributed by atoms with van der Waals surface area (Å²) in [6.45, 7) is 0.924. The molecule has 2 aliphatic rings. The first-order chi connectivity index (χ1) is 14.6. The van der Waals surface area contributed by atoms with Crippen molar-refractivity contribution in [2.45, 2.75) is 31.2 Å². The number of likely N-dealkylation sites (N-methyl/N-ethyl adjacent to an activating group) is 1. The molecule has 2 heterocycles. The van der Waals surface area contributed by atoms with Crippen molar-refractivity contribution in [2.24, 2.45) is 11.8 Å². The van der Waals surface area contributed by atoms with Gasteiger partial charge in [0, 0.05) is 41.3 Å². The van der Waals surface area contributed by atoms with Crippen LogP contribution in [0.3, 0.4) is 0 Å². The van der Waals surface area contributed by atoms with Crippen molar-refractivity contribution in [1.82, 2.24) is 9.88 Å². The predicted molar refractivity (Wildman–Crippen MR) is 118 cm³/mol. The highest BCUT2D eigenvalue weighted by Gasteiger charge is 2.40. The smallest absolute Gasteiger partial charge is 0.241 e. The molecule has 1 aliphatic heterocycles. The minimum absolute atomic E-state index is 0.202. The van der Waals surface area contributed by atoms with Gasteiger partial charge in [0.1, 0.15) is 5.92 Å². The number of amides is 1. The largest absolute Gasteiger partial charge is 0.361 e. The maximum atomic E-state index is 12.7. The van der Waals surface area contributed by atoms with Crippen LogP contribution >= 0.6 is 0 Å². The number of para-hydroxylation sites is 1. The lowest BCUT2D eigenvalue weighted by Gasteiger charge is -2.46. The van der Waals surface area contributed by atoms with Gasteiger partial charge in [0.25, 0.3) is 0 Å². The Labute approximate surface area is 176 Å². The minimum Gasteiger partial charge on any atom is -0.361 e. The average Bonchev–Trinajstić information content (AvgIpc) is 3.18. The van der Waals surface area contributed by atoms with Crippen LogP contribution in [-0.2, 0) is 11.2 Å². The maximum absolute atomic E-state index is 12.7. The fourth-order valence-electron chi connectivity index (χ4n) is 5.53. The fraction of sp³-hybridized carbons (Fsp3) is 0.360. The number of piperidine rings is 1. The van der Waals surface area contributed by atoms with Crippen LogP contribution in [0.2, 0.25) is 0 Å². The third kappa shape index (κ3) is 3.28. The summed E-state index contributed by atoms with van der Waals surface area (Å²) in [6, 6.07) is 18.6. The molecular weight excluding hydrogens is 372 g/mol. The van der Waals surface area contributed by atoms with E-state index in [1.54, 1.807) is 0 Å². The van der Waals surface area contributed by atoms with Gasteiger partial charge in [0.2, 0.25) is 5.91 Å². The van der Waals surface area contributed by atoms with Crippen LogP contribution in [0.1, 0.15) is 29.9 Å². The van der Waals surface area contributed by atoms with Crippen LogP contribution in [0.5, 0.6) is 0 Å². The number of benzene rings is 2. The van der Waals surface area contributed by atoms with Crippen molar-refractivity contribution in [3.63, 3.8) is 0 Å². The molecule has 3 aromatic rings. The first kappa shape index (κ1) is 18.9. The van der Waals surface area contributed by atoms with E-state index in [9.17, 15) is 10.1 Å². The Hall–Kier alpha value is -3.10. The Morgan fingerprint density at radius 3 is 2.90 bits per heavy atom. The highest BCUT2D eigenvalue weighted by Crippen LogP contribution is 2.45. The molecule has 1 saturated heterocycles. The number of carbonyl (C=O) groups is 1.